The van der Waals surface area contributed by atoms with E-state index in [1.54, 1.807) is 6.07 Å². The molecule has 10 heteroatoms. The average molecular weight is 512 g/mol. The Bertz CT molecular complexity index is 1260. The Balaban J connectivity index is 1.67. The van der Waals surface area contributed by atoms with E-state index < -0.39 is 5.67 Å². The van der Waals surface area contributed by atoms with Gasteiger partial charge in [0.1, 0.15) is 11.4 Å². The van der Waals surface area contributed by atoms with Crippen molar-refractivity contribution in [1.29, 1.82) is 0 Å². The third-order valence-corrected chi connectivity index (χ3v) is 6.40. The molecule has 1 aliphatic rings. The molecule has 4 rings (SSSR count). The van der Waals surface area contributed by atoms with E-state index in [0.29, 0.717) is 42.6 Å². The number of rotatable bonds is 7. The highest BCUT2D eigenvalue weighted by atomic mass is 31.0. The summed E-state index contributed by atoms with van der Waals surface area (Å²) in [6, 6.07) is 8.85. The smallest absolute Gasteiger partial charge is 0.257 e. The summed E-state index contributed by atoms with van der Waals surface area (Å²) in [6.45, 7) is 9.94. The van der Waals surface area contributed by atoms with E-state index in [2.05, 4.69) is 34.6 Å². The molecule has 1 aliphatic heterocycles. The minimum absolute atomic E-state index is 0.200. The van der Waals surface area contributed by atoms with Crippen LogP contribution in [0, 0.1) is 6.92 Å². The first-order valence-electron chi connectivity index (χ1n) is 11.9. The fraction of sp³-hybridized carbons (Fsp3) is 0.385. The second-order valence-corrected chi connectivity index (χ2v) is 9.69. The van der Waals surface area contributed by atoms with Gasteiger partial charge >= 0.3 is 0 Å². The number of nitrogens with one attached hydrogen (secondary N) is 1. The van der Waals surface area contributed by atoms with Gasteiger partial charge in [0.05, 0.1) is 31.2 Å². The molecule has 0 spiro atoms. The van der Waals surface area contributed by atoms with Gasteiger partial charge < -0.3 is 19.7 Å². The number of pyridine rings is 1. The summed E-state index contributed by atoms with van der Waals surface area (Å²) in [5.41, 5.74) is 2.83. The van der Waals surface area contributed by atoms with Crippen LogP contribution >= 0.6 is 9.24 Å². The van der Waals surface area contributed by atoms with Gasteiger partial charge in [0.15, 0.2) is 0 Å². The number of carbonyl (C=O) groups excluding carboxylic acids is 1. The lowest BCUT2D eigenvalue weighted by atomic mass is 10.0. The lowest BCUT2D eigenvalue weighted by Gasteiger charge is -2.29. The predicted molar refractivity (Wildman–Crippen MR) is 142 cm³/mol. The molecule has 1 unspecified atom stereocenters. The van der Waals surface area contributed by atoms with Crippen LogP contribution in [-0.2, 0) is 10.4 Å². The van der Waals surface area contributed by atoms with Crippen molar-refractivity contribution in [3.8, 4) is 17.1 Å². The average Bonchev–Trinajstić information content (AvgIpc) is 2.86. The lowest BCUT2D eigenvalue weighted by Crippen LogP contribution is -2.36. The van der Waals surface area contributed by atoms with Gasteiger partial charge in [0, 0.05) is 36.1 Å². The van der Waals surface area contributed by atoms with Crippen LogP contribution in [0.5, 0.6) is 5.88 Å². The lowest BCUT2D eigenvalue weighted by molar-refractivity contribution is 0.102. The first kappa shape index (κ1) is 25.9. The normalized spacial score (nSPS) is 14.0. The maximum Gasteiger partial charge on any atom is 0.257 e. The third-order valence-electron chi connectivity index (χ3n) is 5.93. The van der Waals surface area contributed by atoms with Crippen LogP contribution in [-0.4, -0.2) is 54.0 Å². The van der Waals surface area contributed by atoms with Crippen LogP contribution in [0.1, 0.15) is 42.4 Å². The Morgan fingerprint density at radius 3 is 2.67 bits per heavy atom. The number of halogens is 1. The molecule has 3 heterocycles. The SMILES string of the molecule is CCOc1nnc(-c2cc(NC(=O)c3ccnc(C(C)(C)F)c3)c(P)cc2C)cc1N1CCOCC1. The van der Waals surface area contributed by atoms with E-state index in [0.717, 1.165) is 35.2 Å². The molecule has 2 aromatic heterocycles. The van der Waals surface area contributed by atoms with Gasteiger partial charge in [-0.3, -0.25) is 9.78 Å². The number of amides is 1. The maximum atomic E-state index is 14.4. The van der Waals surface area contributed by atoms with E-state index >= 15 is 0 Å². The highest BCUT2D eigenvalue weighted by molar-refractivity contribution is 7.28. The summed E-state index contributed by atoms with van der Waals surface area (Å²) in [5, 5.41) is 12.6. The minimum Gasteiger partial charge on any atom is -0.475 e. The van der Waals surface area contributed by atoms with Crippen LogP contribution in [0.25, 0.3) is 11.3 Å². The zero-order chi connectivity index (χ0) is 25.9. The number of nitrogens with zero attached hydrogens (tertiary/aromatic N) is 4. The van der Waals surface area contributed by atoms with Gasteiger partial charge in [0.2, 0.25) is 0 Å². The van der Waals surface area contributed by atoms with Crippen LogP contribution in [0.15, 0.2) is 36.5 Å². The first-order chi connectivity index (χ1) is 17.2. The number of hydrogen-bond acceptors (Lipinski definition) is 7. The molecule has 0 bridgehead atoms. The molecule has 8 nitrogen and oxygen atoms in total. The van der Waals surface area contributed by atoms with E-state index in [1.165, 1.54) is 26.1 Å². The van der Waals surface area contributed by atoms with Crippen molar-refractivity contribution in [2.45, 2.75) is 33.4 Å². The molecule has 1 saturated heterocycles. The highest BCUT2D eigenvalue weighted by Crippen LogP contribution is 2.33. The number of aryl methyl sites for hydroxylation is 1. The van der Waals surface area contributed by atoms with Crippen LogP contribution in [0.3, 0.4) is 0 Å². The Morgan fingerprint density at radius 1 is 1.22 bits per heavy atom. The molecule has 1 amide bonds. The van der Waals surface area contributed by atoms with Gasteiger partial charge in [-0.05, 0) is 68.9 Å². The molecule has 3 aromatic rings. The molecule has 1 atom stereocenters. The van der Waals surface area contributed by atoms with Crippen molar-refractivity contribution in [2.24, 2.45) is 0 Å². The van der Waals surface area contributed by atoms with E-state index in [9.17, 15) is 9.18 Å². The standard InChI is InChI=1S/C26H31FN5O3P/c1-5-35-25-21(32-8-10-34-11-9-32)15-19(30-31-25)18-14-20(22(36)12-16(18)2)29-24(33)17-6-7-28-23(13-17)26(3,4)27/h6-7,12-15H,5,8-11,36H2,1-4H3,(H,29,33). The number of carbonyl (C=O) groups is 1. The number of aromatic nitrogens is 3. The fourth-order valence-electron chi connectivity index (χ4n) is 3.98. The number of alkyl halides is 1. The summed E-state index contributed by atoms with van der Waals surface area (Å²) in [4.78, 5) is 19.3. The first-order valence-corrected chi connectivity index (χ1v) is 12.5. The van der Waals surface area contributed by atoms with Gasteiger partial charge in [-0.15, -0.1) is 19.4 Å². The van der Waals surface area contributed by atoms with Crippen molar-refractivity contribution in [3.63, 3.8) is 0 Å². The summed E-state index contributed by atoms with van der Waals surface area (Å²) in [5.74, 6) is 0.134. The number of ether oxygens (including phenoxy) is 2. The quantitative estimate of drug-likeness (QED) is 0.479. The molecular weight excluding hydrogens is 480 g/mol. The summed E-state index contributed by atoms with van der Waals surface area (Å²) < 4.78 is 25.6. The Morgan fingerprint density at radius 2 is 1.97 bits per heavy atom. The molecule has 1 fully saturated rings. The Kier molecular flexibility index (Phi) is 7.81. The monoisotopic (exact) mass is 511 g/mol. The maximum absolute atomic E-state index is 14.4. The molecule has 190 valence electrons. The highest BCUT2D eigenvalue weighted by Gasteiger charge is 2.23. The fourth-order valence-corrected chi connectivity index (χ4v) is 4.38. The van der Waals surface area contributed by atoms with Crippen molar-refractivity contribution < 1.29 is 18.7 Å². The van der Waals surface area contributed by atoms with Crippen molar-refractivity contribution in [2.75, 3.05) is 43.1 Å². The minimum atomic E-state index is -1.65. The molecule has 36 heavy (non-hydrogen) atoms. The zero-order valence-corrected chi connectivity index (χ0v) is 22.1. The second-order valence-electron chi connectivity index (χ2n) is 9.06. The van der Waals surface area contributed by atoms with Crippen molar-refractivity contribution in [1.82, 2.24) is 15.2 Å². The largest absolute Gasteiger partial charge is 0.475 e. The number of morpholine rings is 1. The number of hydrogen-bond donors (Lipinski definition) is 1. The Hall–Kier alpha value is -3.16. The zero-order valence-electron chi connectivity index (χ0n) is 21.0. The van der Waals surface area contributed by atoms with E-state index in [-0.39, 0.29) is 11.6 Å². The Labute approximate surface area is 212 Å². The predicted octanol–water partition coefficient (Wildman–Crippen LogP) is 4.04. The van der Waals surface area contributed by atoms with Crippen LogP contribution in [0.4, 0.5) is 15.8 Å². The molecule has 0 saturated carbocycles. The van der Waals surface area contributed by atoms with Gasteiger partial charge in [-0.1, -0.05) is 0 Å². The molecule has 1 N–H and O–H groups in total. The summed E-state index contributed by atoms with van der Waals surface area (Å²) >= 11 is 0. The van der Waals surface area contributed by atoms with E-state index in [4.69, 9.17) is 9.47 Å². The number of benzene rings is 1. The molecule has 1 aromatic carbocycles. The van der Waals surface area contributed by atoms with E-state index in [1.807, 2.05) is 32.0 Å². The third kappa shape index (κ3) is 5.79. The summed E-state index contributed by atoms with van der Waals surface area (Å²) in [6.07, 6.45) is 1.44. The number of anilines is 2. The van der Waals surface area contributed by atoms with Gasteiger partial charge in [0.25, 0.3) is 11.8 Å². The van der Waals surface area contributed by atoms with Crippen molar-refractivity contribution >= 4 is 31.8 Å². The summed E-state index contributed by atoms with van der Waals surface area (Å²) in [7, 11) is 2.65. The van der Waals surface area contributed by atoms with Gasteiger partial charge in [-0.25, -0.2) is 4.39 Å². The molecule has 0 radical (unpaired) electrons. The van der Waals surface area contributed by atoms with Crippen LogP contribution < -0.4 is 20.3 Å². The molecular formula is C26H31FN5O3P. The van der Waals surface area contributed by atoms with Gasteiger partial charge in [-0.2, -0.15) is 0 Å². The van der Waals surface area contributed by atoms with Crippen molar-refractivity contribution in [3.05, 3.63) is 53.3 Å². The van der Waals surface area contributed by atoms with Crippen LogP contribution in [0.2, 0.25) is 0 Å². The second kappa shape index (κ2) is 10.8. The topological polar surface area (TPSA) is 89.5 Å². The molecule has 0 aliphatic carbocycles.